The molecule has 1 aromatic rings. The molecule has 2 aliphatic carbocycles. The van der Waals surface area contributed by atoms with Crippen LogP contribution in [-0.2, 0) is 11.8 Å². The first kappa shape index (κ1) is 9.72. The van der Waals surface area contributed by atoms with E-state index in [2.05, 4.69) is 24.3 Å². The highest BCUT2D eigenvalue weighted by molar-refractivity contribution is 6.18. The number of alkyl halides is 1. The van der Waals surface area contributed by atoms with Crippen molar-refractivity contribution < 1.29 is 0 Å². The molecule has 2 atom stereocenters. The molecule has 0 nitrogen and oxygen atoms in total. The number of halogens is 1. The Hall–Kier alpha value is -0.490. The Morgan fingerprint density at radius 1 is 1.27 bits per heavy atom. The molecule has 0 N–H and O–H groups in total. The molecule has 1 saturated carbocycles. The van der Waals surface area contributed by atoms with Crippen LogP contribution in [0.2, 0.25) is 0 Å². The highest BCUT2D eigenvalue weighted by Crippen LogP contribution is 2.59. The molecule has 1 spiro atoms. The standard InChI is InChI=1S/C14H17Cl/c15-10-12-9-14(12)8-4-3-6-11-5-1-2-7-13(11)14/h1-2,5,7,12H,3-4,6,8-10H2. The minimum atomic E-state index is 0.481. The van der Waals surface area contributed by atoms with Gasteiger partial charge >= 0.3 is 0 Å². The summed E-state index contributed by atoms with van der Waals surface area (Å²) in [6, 6.07) is 9.02. The molecule has 1 heteroatoms. The van der Waals surface area contributed by atoms with Gasteiger partial charge in [-0.05, 0) is 48.1 Å². The largest absolute Gasteiger partial charge is 0.126 e. The van der Waals surface area contributed by atoms with Crippen molar-refractivity contribution in [3.05, 3.63) is 35.4 Å². The maximum atomic E-state index is 6.04. The van der Waals surface area contributed by atoms with Gasteiger partial charge in [-0.25, -0.2) is 0 Å². The van der Waals surface area contributed by atoms with Crippen LogP contribution in [0.3, 0.4) is 0 Å². The van der Waals surface area contributed by atoms with Crippen molar-refractivity contribution in [3.63, 3.8) is 0 Å². The van der Waals surface area contributed by atoms with Crippen LogP contribution in [0.1, 0.15) is 36.8 Å². The first-order valence-electron chi connectivity index (χ1n) is 6.01. The van der Waals surface area contributed by atoms with E-state index in [-0.39, 0.29) is 0 Å². The van der Waals surface area contributed by atoms with Gasteiger partial charge in [0, 0.05) is 5.88 Å². The molecule has 1 fully saturated rings. The Kier molecular flexibility index (Phi) is 2.28. The van der Waals surface area contributed by atoms with Crippen LogP contribution < -0.4 is 0 Å². The first-order valence-corrected chi connectivity index (χ1v) is 6.54. The Morgan fingerprint density at radius 3 is 2.93 bits per heavy atom. The molecular weight excluding hydrogens is 204 g/mol. The quantitative estimate of drug-likeness (QED) is 0.630. The first-order chi connectivity index (χ1) is 7.37. The van der Waals surface area contributed by atoms with Crippen molar-refractivity contribution in [2.45, 2.75) is 37.5 Å². The van der Waals surface area contributed by atoms with Crippen LogP contribution in [0.25, 0.3) is 0 Å². The summed E-state index contributed by atoms with van der Waals surface area (Å²) in [4.78, 5) is 0. The molecular formula is C14H17Cl. The summed E-state index contributed by atoms with van der Waals surface area (Å²) in [5.74, 6) is 1.59. The van der Waals surface area contributed by atoms with Gasteiger partial charge < -0.3 is 0 Å². The summed E-state index contributed by atoms with van der Waals surface area (Å²) in [5, 5.41) is 0. The number of hydrogen-bond acceptors (Lipinski definition) is 0. The maximum Gasteiger partial charge on any atom is 0.0260 e. The lowest BCUT2D eigenvalue weighted by Crippen LogP contribution is -2.11. The lowest BCUT2D eigenvalue weighted by atomic mass is 9.88. The van der Waals surface area contributed by atoms with Crippen LogP contribution in [-0.4, -0.2) is 5.88 Å². The van der Waals surface area contributed by atoms with Gasteiger partial charge in [-0.3, -0.25) is 0 Å². The second-order valence-electron chi connectivity index (χ2n) is 5.08. The van der Waals surface area contributed by atoms with Crippen LogP contribution in [0, 0.1) is 5.92 Å². The van der Waals surface area contributed by atoms with Crippen molar-refractivity contribution in [2.24, 2.45) is 5.92 Å². The van der Waals surface area contributed by atoms with E-state index in [1.54, 1.807) is 11.1 Å². The van der Waals surface area contributed by atoms with Gasteiger partial charge in [0.1, 0.15) is 0 Å². The van der Waals surface area contributed by atoms with E-state index in [9.17, 15) is 0 Å². The second-order valence-corrected chi connectivity index (χ2v) is 5.38. The molecule has 0 aromatic heterocycles. The average molecular weight is 221 g/mol. The Labute approximate surface area is 96.6 Å². The fourth-order valence-corrected chi connectivity index (χ4v) is 3.74. The van der Waals surface area contributed by atoms with Crippen molar-refractivity contribution in [1.82, 2.24) is 0 Å². The molecule has 3 rings (SSSR count). The molecule has 0 bridgehead atoms. The predicted octanol–water partition coefficient (Wildman–Crippen LogP) is 3.91. The fourth-order valence-electron chi connectivity index (χ4n) is 3.33. The molecule has 15 heavy (non-hydrogen) atoms. The molecule has 0 heterocycles. The smallest absolute Gasteiger partial charge is 0.0260 e. The van der Waals surface area contributed by atoms with Crippen LogP contribution in [0.5, 0.6) is 0 Å². The van der Waals surface area contributed by atoms with E-state index in [1.165, 1.54) is 32.1 Å². The second kappa shape index (κ2) is 3.52. The molecule has 1 aromatic carbocycles. The van der Waals surface area contributed by atoms with E-state index in [4.69, 9.17) is 11.6 Å². The lowest BCUT2D eigenvalue weighted by Gasteiger charge is -2.17. The van der Waals surface area contributed by atoms with Crippen LogP contribution >= 0.6 is 11.6 Å². The molecule has 2 aliphatic rings. The molecule has 2 unspecified atom stereocenters. The van der Waals surface area contributed by atoms with Crippen molar-refractivity contribution in [2.75, 3.05) is 5.88 Å². The van der Waals surface area contributed by atoms with Crippen molar-refractivity contribution in [1.29, 1.82) is 0 Å². The van der Waals surface area contributed by atoms with Crippen LogP contribution in [0.15, 0.2) is 24.3 Å². The number of benzene rings is 1. The third-order valence-electron chi connectivity index (χ3n) is 4.29. The van der Waals surface area contributed by atoms with Gasteiger partial charge in [0.05, 0.1) is 0 Å². The monoisotopic (exact) mass is 220 g/mol. The summed E-state index contributed by atoms with van der Waals surface area (Å²) in [6.07, 6.45) is 6.69. The number of rotatable bonds is 1. The van der Waals surface area contributed by atoms with E-state index in [0.29, 0.717) is 5.41 Å². The van der Waals surface area contributed by atoms with Gasteiger partial charge in [0.25, 0.3) is 0 Å². The zero-order valence-corrected chi connectivity index (χ0v) is 9.76. The lowest BCUT2D eigenvalue weighted by molar-refractivity contribution is 0.553. The summed E-state index contributed by atoms with van der Waals surface area (Å²) in [6.45, 7) is 0. The van der Waals surface area contributed by atoms with Gasteiger partial charge in [-0.1, -0.05) is 30.7 Å². The van der Waals surface area contributed by atoms with E-state index in [1.807, 2.05) is 0 Å². The van der Waals surface area contributed by atoms with Crippen molar-refractivity contribution in [3.8, 4) is 0 Å². The molecule has 0 radical (unpaired) electrons. The Morgan fingerprint density at radius 2 is 2.13 bits per heavy atom. The van der Waals surface area contributed by atoms with E-state index < -0.39 is 0 Å². The topological polar surface area (TPSA) is 0 Å². The van der Waals surface area contributed by atoms with Gasteiger partial charge in [0.2, 0.25) is 0 Å². The minimum Gasteiger partial charge on any atom is -0.126 e. The zero-order chi connectivity index (χ0) is 10.3. The molecule has 0 aliphatic heterocycles. The van der Waals surface area contributed by atoms with Gasteiger partial charge in [0.15, 0.2) is 0 Å². The average Bonchev–Trinajstić information content (AvgIpc) is 3.03. The Bertz CT molecular complexity index is 371. The Balaban J connectivity index is 2.04. The minimum absolute atomic E-state index is 0.481. The number of hydrogen-bond donors (Lipinski definition) is 0. The predicted molar refractivity (Wildman–Crippen MR) is 64.5 cm³/mol. The molecule has 80 valence electrons. The zero-order valence-electron chi connectivity index (χ0n) is 9.01. The maximum absolute atomic E-state index is 6.04. The summed E-state index contributed by atoms with van der Waals surface area (Å²) >= 11 is 6.04. The highest BCUT2D eigenvalue weighted by Gasteiger charge is 2.54. The SMILES string of the molecule is ClCC1CC12CCCCc1ccccc12. The highest BCUT2D eigenvalue weighted by atomic mass is 35.5. The third-order valence-corrected chi connectivity index (χ3v) is 4.66. The summed E-state index contributed by atoms with van der Waals surface area (Å²) < 4.78 is 0. The van der Waals surface area contributed by atoms with Gasteiger partial charge in [-0.15, -0.1) is 11.6 Å². The van der Waals surface area contributed by atoms with Crippen LogP contribution in [0.4, 0.5) is 0 Å². The summed E-state index contributed by atoms with van der Waals surface area (Å²) in [5.41, 5.74) is 3.69. The van der Waals surface area contributed by atoms with E-state index in [0.717, 1.165) is 11.8 Å². The molecule has 0 saturated heterocycles. The third kappa shape index (κ3) is 1.42. The summed E-state index contributed by atoms with van der Waals surface area (Å²) in [7, 11) is 0. The number of aryl methyl sites for hydroxylation is 1. The molecule has 0 amide bonds. The fraction of sp³-hybridized carbons (Fsp3) is 0.571. The van der Waals surface area contributed by atoms with Gasteiger partial charge in [-0.2, -0.15) is 0 Å². The normalized spacial score (nSPS) is 33.5. The van der Waals surface area contributed by atoms with Crippen molar-refractivity contribution >= 4 is 11.6 Å². The number of fused-ring (bicyclic) bond motifs is 2. The van der Waals surface area contributed by atoms with E-state index >= 15 is 0 Å².